The first kappa shape index (κ1) is 27.4. The maximum Gasteiger partial charge on any atom is 0.271 e. The number of nitrogens with one attached hydrogen (secondary N) is 2. The number of thiophene rings is 1. The van der Waals surface area contributed by atoms with Gasteiger partial charge in [0.05, 0.1) is 11.8 Å². The molecule has 0 fully saturated rings. The van der Waals surface area contributed by atoms with Crippen molar-refractivity contribution in [3.05, 3.63) is 98.7 Å². The third-order valence-corrected chi connectivity index (χ3v) is 8.63. The number of rotatable bonds is 7. The number of nitrogens with zero attached hydrogens (tertiary/aromatic N) is 3. The number of hydrogen-bond acceptors (Lipinski definition) is 5. The lowest BCUT2D eigenvalue weighted by molar-refractivity contribution is 0.0954. The summed E-state index contributed by atoms with van der Waals surface area (Å²) in [5.74, 6) is -0.344. The van der Waals surface area contributed by atoms with Crippen molar-refractivity contribution >= 4 is 40.7 Å². The Labute approximate surface area is 239 Å². The van der Waals surface area contributed by atoms with Crippen LogP contribution in [0, 0.1) is 20.8 Å². The minimum atomic E-state index is -0.269. The highest BCUT2D eigenvalue weighted by atomic mass is 32.1. The van der Waals surface area contributed by atoms with E-state index < -0.39 is 0 Å². The van der Waals surface area contributed by atoms with Crippen molar-refractivity contribution < 1.29 is 9.59 Å². The van der Waals surface area contributed by atoms with Crippen LogP contribution in [0.4, 0.5) is 11.4 Å². The molecule has 0 unspecified atom stereocenters. The third kappa shape index (κ3) is 5.58. The third-order valence-electron chi connectivity index (χ3n) is 7.36. The summed E-state index contributed by atoms with van der Waals surface area (Å²) in [5, 5.41) is 8.33. The van der Waals surface area contributed by atoms with Gasteiger partial charge in [0.2, 0.25) is 0 Å². The highest BCUT2D eigenvalue weighted by Gasteiger charge is 2.28. The first-order chi connectivity index (χ1) is 19.2. The molecule has 0 atom stereocenters. The summed E-state index contributed by atoms with van der Waals surface area (Å²) < 4.78 is 2.15. The number of carbonyl (C=O) groups is 2. The van der Waals surface area contributed by atoms with Crippen molar-refractivity contribution in [2.24, 2.45) is 5.10 Å². The van der Waals surface area contributed by atoms with Crippen LogP contribution in [0.15, 0.2) is 59.7 Å². The monoisotopic (exact) mass is 553 g/mol. The highest BCUT2D eigenvalue weighted by molar-refractivity contribution is 7.15. The molecule has 206 valence electrons. The molecular formula is C32H35N5O2S. The fourth-order valence-electron chi connectivity index (χ4n) is 5.15. The zero-order chi connectivity index (χ0) is 28.4. The molecule has 0 saturated heterocycles. The molecule has 8 heteroatoms. The number of hydrazone groups is 1. The molecule has 2 heterocycles. The Morgan fingerprint density at radius 3 is 2.48 bits per heavy atom. The molecule has 0 bridgehead atoms. The second-order valence-electron chi connectivity index (χ2n) is 10.5. The SMILES string of the molecule is Cc1ccc(NC(=O)c2c(-n3c(C)cc(/C=N\NC(=O)c4cccc(N(C)C)c4)c3C)sc3c2CCCC3)cc1. The van der Waals surface area contributed by atoms with Crippen LogP contribution in [-0.4, -0.2) is 36.7 Å². The molecular weight excluding hydrogens is 518 g/mol. The first-order valence-electron chi connectivity index (χ1n) is 13.6. The molecule has 0 aliphatic heterocycles. The summed E-state index contributed by atoms with van der Waals surface area (Å²) in [5.41, 5.74) is 10.9. The number of benzene rings is 2. The van der Waals surface area contributed by atoms with E-state index in [-0.39, 0.29) is 11.8 Å². The van der Waals surface area contributed by atoms with E-state index in [2.05, 4.69) is 20.4 Å². The molecule has 4 aromatic rings. The summed E-state index contributed by atoms with van der Waals surface area (Å²) in [6.45, 7) is 6.10. The molecule has 2 aromatic carbocycles. The molecule has 7 nitrogen and oxygen atoms in total. The van der Waals surface area contributed by atoms with Gasteiger partial charge in [-0.2, -0.15) is 5.10 Å². The van der Waals surface area contributed by atoms with Crippen molar-refractivity contribution in [3.8, 4) is 5.00 Å². The van der Waals surface area contributed by atoms with Crippen LogP contribution >= 0.6 is 11.3 Å². The lowest BCUT2D eigenvalue weighted by Crippen LogP contribution is -2.18. The van der Waals surface area contributed by atoms with Gasteiger partial charge in [-0.3, -0.25) is 9.59 Å². The molecule has 5 rings (SSSR count). The molecule has 2 N–H and O–H groups in total. The zero-order valence-corrected chi connectivity index (χ0v) is 24.5. The molecule has 2 amide bonds. The molecule has 0 spiro atoms. The van der Waals surface area contributed by atoms with Gasteiger partial charge in [0.1, 0.15) is 5.00 Å². The molecule has 1 aliphatic carbocycles. The number of hydrogen-bond donors (Lipinski definition) is 2. The Morgan fingerprint density at radius 2 is 1.73 bits per heavy atom. The fraction of sp³-hybridized carbons (Fsp3) is 0.281. The van der Waals surface area contributed by atoms with Crippen molar-refractivity contribution in [2.45, 2.75) is 46.5 Å². The predicted molar refractivity (Wildman–Crippen MR) is 165 cm³/mol. The van der Waals surface area contributed by atoms with Crippen molar-refractivity contribution in [3.63, 3.8) is 0 Å². The Balaban J connectivity index is 1.43. The number of carbonyl (C=O) groups excluding carboxylic acids is 2. The van der Waals surface area contributed by atoms with Crippen molar-refractivity contribution in [2.75, 3.05) is 24.3 Å². The lowest BCUT2D eigenvalue weighted by atomic mass is 9.95. The summed E-state index contributed by atoms with van der Waals surface area (Å²) in [6.07, 6.45) is 5.82. The Bertz CT molecular complexity index is 1590. The van der Waals surface area contributed by atoms with E-state index in [1.807, 2.05) is 88.3 Å². The van der Waals surface area contributed by atoms with Crippen LogP contribution in [0.1, 0.15) is 66.5 Å². The number of aryl methyl sites for hydroxylation is 3. The molecule has 0 radical (unpaired) electrons. The van der Waals surface area contributed by atoms with Crippen molar-refractivity contribution in [1.29, 1.82) is 0 Å². The van der Waals surface area contributed by atoms with E-state index in [1.54, 1.807) is 23.6 Å². The molecule has 2 aromatic heterocycles. The fourth-order valence-corrected chi connectivity index (χ4v) is 6.65. The summed E-state index contributed by atoms with van der Waals surface area (Å²) in [6, 6.07) is 17.3. The van der Waals surface area contributed by atoms with E-state index in [9.17, 15) is 9.59 Å². The summed E-state index contributed by atoms with van der Waals surface area (Å²) in [4.78, 5) is 29.7. The van der Waals surface area contributed by atoms with Crippen LogP contribution in [0.2, 0.25) is 0 Å². The van der Waals surface area contributed by atoms with Gasteiger partial charge in [-0.1, -0.05) is 23.8 Å². The molecule has 0 saturated carbocycles. The first-order valence-corrected chi connectivity index (χ1v) is 14.4. The minimum Gasteiger partial charge on any atom is -0.378 e. The maximum absolute atomic E-state index is 13.7. The second kappa shape index (κ2) is 11.5. The maximum atomic E-state index is 13.7. The number of amides is 2. The predicted octanol–water partition coefficient (Wildman–Crippen LogP) is 6.43. The molecule has 1 aliphatic rings. The van der Waals surface area contributed by atoms with E-state index in [0.717, 1.165) is 70.1 Å². The van der Waals surface area contributed by atoms with Crippen LogP contribution in [0.3, 0.4) is 0 Å². The van der Waals surface area contributed by atoms with Gasteiger partial charge in [-0.05, 0) is 88.4 Å². The highest BCUT2D eigenvalue weighted by Crippen LogP contribution is 2.39. The zero-order valence-electron chi connectivity index (χ0n) is 23.7. The van der Waals surface area contributed by atoms with Crippen LogP contribution in [0.25, 0.3) is 5.00 Å². The normalized spacial score (nSPS) is 12.8. The second-order valence-corrected chi connectivity index (χ2v) is 11.6. The van der Waals surface area contributed by atoms with Crippen molar-refractivity contribution in [1.82, 2.24) is 9.99 Å². The molecule has 40 heavy (non-hydrogen) atoms. The van der Waals surface area contributed by atoms with Gasteiger partial charge in [0, 0.05) is 52.9 Å². The number of fused-ring (bicyclic) bond motifs is 1. The Morgan fingerprint density at radius 1 is 0.975 bits per heavy atom. The van der Waals surface area contributed by atoms with Gasteiger partial charge in [0.15, 0.2) is 0 Å². The smallest absolute Gasteiger partial charge is 0.271 e. The largest absolute Gasteiger partial charge is 0.378 e. The van der Waals surface area contributed by atoms with Gasteiger partial charge in [0.25, 0.3) is 11.8 Å². The Kier molecular flexibility index (Phi) is 7.89. The van der Waals surface area contributed by atoms with E-state index in [4.69, 9.17) is 0 Å². The average Bonchev–Trinajstić information content (AvgIpc) is 3.45. The van der Waals surface area contributed by atoms with E-state index in [0.29, 0.717) is 5.56 Å². The minimum absolute atomic E-state index is 0.0758. The summed E-state index contributed by atoms with van der Waals surface area (Å²) in [7, 11) is 3.87. The average molecular weight is 554 g/mol. The standard InChI is InChI=1S/C32H35N5O2S/c1-20-13-15-25(16-14-20)34-31(39)29-27-11-6-7-12-28(27)40-32(29)37-21(2)17-24(22(37)3)19-33-35-30(38)23-9-8-10-26(18-23)36(4)5/h8-10,13-19H,6-7,11-12H2,1-5H3,(H,34,39)(H,35,38)/b33-19-. The van der Waals surface area contributed by atoms with E-state index >= 15 is 0 Å². The van der Waals surface area contributed by atoms with Gasteiger partial charge in [-0.25, -0.2) is 5.43 Å². The Hall–Kier alpha value is -4.17. The summed E-state index contributed by atoms with van der Waals surface area (Å²) >= 11 is 1.71. The number of anilines is 2. The van der Waals surface area contributed by atoms with Crippen LogP contribution < -0.4 is 15.6 Å². The quantitative estimate of drug-likeness (QED) is 0.205. The van der Waals surface area contributed by atoms with Gasteiger partial charge >= 0.3 is 0 Å². The van der Waals surface area contributed by atoms with Crippen LogP contribution in [0.5, 0.6) is 0 Å². The topological polar surface area (TPSA) is 78.7 Å². The van der Waals surface area contributed by atoms with Gasteiger partial charge in [-0.15, -0.1) is 11.3 Å². The van der Waals surface area contributed by atoms with E-state index in [1.165, 1.54) is 10.4 Å². The van der Waals surface area contributed by atoms with Crippen LogP contribution in [-0.2, 0) is 12.8 Å². The number of aromatic nitrogens is 1. The lowest BCUT2D eigenvalue weighted by Gasteiger charge is -2.14. The van der Waals surface area contributed by atoms with Gasteiger partial charge < -0.3 is 14.8 Å².